The van der Waals surface area contributed by atoms with E-state index in [4.69, 9.17) is 15.0 Å². The van der Waals surface area contributed by atoms with Crippen molar-refractivity contribution in [2.75, 3.05) is 18.5 Å². The van der Waals surface area contributed by atoms with Crippen LogP contribution >= 0.6 is 35.1 Å². The van der Waals surface area contributed by atoms with E-state index in [0.29, 0.717) is 12.1 Å². The molecule has 166 valence electrons. The van der Waals surface area contributed by atoms with Crippen LogP contribution in [0.25, 0.3) is 42.4 Å². The molecule has 6 heterocycles. The van der Waals surface area contributed by atoms with Gasteiger partial charge in [-0.05, 0) is 32.4 Å². The largest absolute Gasteiger partial charge is 0.359 e. The molecule has 0 unspecified atom stereocenters. The van der Waals surface area contributed by atoms with Crippen LogP contribution in [0.5, 0.6) is 0 Å². The molecular formula is C21H23ClN8S2. The molecule has 1 fully saturated rings. The molecule has 0 aromatic carbocycles. The summed E-state index contributed by atoms with van der Waals surface area (Å²) in [6, 6.07) is 3.14. The number of fused-ring (bicyclic) bond motifs is 2. The highest BCUT2D eigenvalue weighted by atomic mass is 35.5. The molecule has 0 aliphatic carbocycles. The number of aromatic nitrogens is 6. The van der Waals surface area contributed by atoms with E-state index in [2.05, 4.69) is 45.4 Å². The number of hydrogen-bond donors (Lipinski definition) is 3. The normalized spacial score (nSPS) is 18.8. The van der Waals surface area contributed by atoms with Crippen LogP contribution in [0, 0.1) is 0 Å². The van der Waals surface area contributed by atoms with Gasteiger partial charge < -0.3 is 15.2 Å². The molecule has 32 heavy (non-hydrogen) atoms. The number of anilines is 1. The van der Waals surface area contributed by atoms with E-state index in [1.807, 2.05) is 24.8 Å². The van der Waals surface area contributed by atoms with Crippen LogP contribution in [-0.4, -0.2) is 55.8 Å². The minimum atomic E-state index is 0. The zero-order valence-corrected chi connectivity index (χ0v) is 20.1. The van der Waals surface area contributed by atoms with Crippen molar-refractivity contribution in [3.05, 3.63) is 30.9 Å². The predicted molar refractivity (Wildman–Crippen MR) is 134 cm³/mol. The predicted octanol–water partition coefficient (Wildman–Crippen LogP) is 4.68. The van der Waals surface area contributed by atoms with Crippen molar-refractivity contribution >= 4 is 60.8 Å². The van der Waals surface area contributed by atoms with E-state index >= 15 is 0 Å². The first kappa shape index (κ1) is 21.3. The summed E-state index contributed by atoms with van der Waals surface area (Å²) in [5.74, 6) is 0. The summed E-state index contributed by atoms with van der Waals surface area (Å²) in [5, 5.41) is 13.5. The second kappa shape index (κ2) is 8.43. The smallest absolute Gasteiger partial charge is 0.188 e. The molecule has 5 aromatic rings. The van der Waals surface area contributed by atoms with Gasteiger partial charge in [-0.2, -0.15) is 5.10 Å². The third kappa shape index (κ3) is 3.57. The molecule has 5 aromatic heterocycles. The lowest BCUT2D eigenvalue weighted by atomic mass is 10.00. The summed E-state index contributed by atoms with van der Waals surface area (Å²) in [5.41, 5.74) is 3.92. The number of piperidine rings is 1. The Morgan fingerprint density at radius 2 is 2.03 bits per heavy atom. The number of nitrogens with zero attached hydrogens (tertiary/aromatic N) is 5. The van der Waals surface area contributed by atoms with Gasteiger partial charge in [0.1, 0.15) is 10.7 Å². The second-order valence-corrected chi connectivity index (χ2v) is 9.98. The zero-order chi connectivity index (χ0) is 20.9. The monoisotopic (exact) mass is 486 g/mol. The molecule has 0 saturated carbocycles. The summed E-state index contributed by atoms with van der Waals surface area (Å²) in [6.45, 7) is 3.31. The van der Waals surface area contributed by atoms with E-state index in [1.165, 1.54) is 0 Å². The van der Waals surface area contributed by atoms with Gasteiger partial charge in [0.05, 0.1) is 11.7 Å². The minimum Gasteiger partial charge on any atom is -0.359 e. The molecule has 0 bridgehead atoms. The Kier molecular flexibility index (Phi) is 5.62. The number of halogens is 1. The molecule has 2 atom stereocenters. The molecule has 1 aliphatic rings. The van der Waals surface area contributed by atoms with Gasteiger partial charge in [0.15, 0.2) is 14.8 Å². The first-order chi connectivity index (χ1) is 15.2. The van der Waals surface area contributed by atoms with E-state index in [9.17, 15) is 0 Å². The molecule has 11 heteroatoms. The molecule has 8 nitrogen and oxygen atoms in total. The van der Waals surface area contributed by atoms with Crippen LogP contribution in [0.3, 0.4) is 0 Å². The Bertz CT molecular complexity index is 1320. The van der Waals surface area contributed by atoms with Gasteiger partial charge in [0.25, 0.3) is 0 Å². The standard InChI is InChI=1S/C21H22N8S2.ClH/c1-11-7-13(3-5-22-11)29(2)21-28-20-19(31-21)27-18(30-20)17-16-14(4-6-23-16)15(10-24-17)12-8-25-26-9-12;/h4,6,8-11,13,22-23H,3,5,7H2,1-2H3,(H,25,26);1H/t11-,13+;/m0./s1. The lowest BCUT2D eigenvalue weighted by Gasteiger charge is -2.34. The van der Waals surface area contributed by atoms with Crippen molar-refractivity contribution < 1.29 is 0 Å². The number of rotatable bonds is 4. The Morgan fingerprint density at radius 3 is 2.81 bits per heavy atom. The maximum atomic E-state index is 4.91. The second-order valence-electron chi connectivity index (χ2n) is 8.04. The first-order valence-electron chi connectivity index (χ1n) is 10.4. The summed E-state index contributed by atoms with van der Waals surface area (Å²) in [4.78, 5) is 22.2. The maximum absolute atomic E-state index is 4.91. The number of nitrogens with one attached hydrogen (secondary N) is 3. The van der Waals surface area contributed by atoms with Gasteiger partial charge in [-0.3, -0.25) is 10.1 Å². The van der Waals surface area contributed by atoms with E-state index in [0.717, 1.165) is 66.9 Å². The van der Waals surface area contributed by atoms with Crippen LogP contribution in [0.15, 0.2) is 30.9 Å². The van der Waals surface area contributed by atoms with Gasteiger partial charge in [-0.1, -0.05) is 22.7 Å². The third-order valence-corrected chi connectivity index (χ3v) is 8.14. The molecule has 1 saturated heterocycles. The van der Waals surface area contributed by atoms with Crippen LogP contribution in [0.1, 0.15) is 19.8 Å². The minimum absolute atomic E-state index is 0. The van der Waals surface area contributed by atoms with Crippen LogP contribution in [0.2, 0.25) is 0 Å². The van der Waals surface area contributed by atoms with Crippen molar-refractivity contribution in [1.29, 1.82) is 0 Å². The lowest BCUT2D eigenvalue weighted by molar-refractivity contribution is 0.371. The maximum Gasteiger partial charge on any atom is 0.188 e. The average molecular weight is 487 g/mol. The Hall–Kier alpha value is -2.53. The van der Waals surface area contributed by atoms with Crippen molar-refractivity contribution in [2.45, 2.75) is 31.8 Å². The summed E-state index contributed by atoms with van der Waals surface area (Å²) in [6.07, 6.45) is 9.82. The highest BCUT2D eigenvalue weighted by Gasteiger charge is 2.25. The lowest BCUT2D eigenvalue weighted by Crippen LogP contribution is -2.45. The Balaban J connectivity index is 0.00000216. The van der Waals surface area contributed by atoms with E-state index in [-0.39, 0.29) is 12.4 Å². The van der Waals surface area contributed by atoms with Crippen LogP contribution in [-0.2, 0) is 0 Å². The molecular weight excluding hydrogens is 464 g/mol. The number of hydrogen-bond acceptors (Lipinski definition) is 8. The first-order valence-corrected chi connectivity index (χ1v) is 12.0. The topological polar surface area (TPSA) is 98.4 Å². The Labute approximate surface area is 198 Å². The SMILES string of the molecule is C[C@H]1C[C@H](N(C)c2nc3sc(-c4ncc(-c5cn[nH]c5)c5cc[nH]c45)nc3s2)CCN1.Cl. The number of thiazole rings is 2. The van der Waals surface area contributed by atoms with Gasteiger partial charge >= 0.3 is 0 Å². The van der Waals surface area contributed by atoms with Gasteiger partial charge in [0, 0.05) is 54.2 Å². The van der Waals surface area contributed by atoms with Gasteiger partial charge in [-0.25, -0.2) is 9.97 Å². The van der Waals surface area contributed by atoms with Crippen molar-refractivity contribution in [1.82, 2.24) is 35.5 Å². The van der Waals surface area contributed by atoms with Crippen molar-refractivity contribution in [2.24, 2.45) is 0 Å². The zero-order valence-electron chi connectivity index (χ0n) is 17.6. The van der Waals surface area contributed by atoms with Gasteiger partial charge in [-0.15, -0.1) is 12.4 Å². The summed E-state index contributed by atoms with van der Waals surface area (Å²) in [7, 11) is 2.16. The molecule has 0 radical (unpaired) electrons. The van der Waals surface area contributed by atoms with E-state index < -0.39 is 0 Å². The van der Waals surface area contributed by atoms with Crippen LogP contribution in [0.4, 0.5) is 5.13 Å². The highest BCUT2D eigenvalue weighted by molar-refractivity contribution is 7.29. The highest BCUT2D eigenvalue weighted by Crippen LogP contribution is 2.39. The molecule has 6 rings (SSSR count). The fourth-order valence-corrected chi connectivity index (χ4v) is 6.42. The molecule has 0 amide bonds. The fraction of sp³-hybridized carbons (Fsp3) is 0.333. The van der Waals surface area contributed by atoms with Crippen LogP contribution < -0.4 is 10.2 Å². The van der Waals surface area contributed by atoms with E-state index in [1.54, 1.807) is 22.7 Å². The Morgan fingerprint density at radius 1 is 1.16 bits per heavy atom. The van der Waals surface area contributed by atoms with Crippen molar-refractivity contribution in [3.8, 4) is 21.8 Å². The summed E-state index contributed by atoms with van der Waals surface area (Å²) < 4.78 is 0. The summed E-state index contributed by atoms with van der Waals surface area (Å²) >= 11 is 3.27. The molecule has 1 aliphatic heterocycles. The van der Waals surface area contributed by atoms with Gasteiger partial charge in [0.2, 0.25) is 0 Å². The quantitative estimate of drug-likeness (QED) is 0.341. The number of pyridine rings is 1. The fourth-order valence-electron chi connectivity index (χ4n) is 4.34. The average Bonchev–Trinajstić information content (AvgIpc) is 3.56. The molecule has 3 N–H and O–H groups in total. The van der Waals surface area contributed by atoms with Crippen molar-refractivity contribution in [3.63, 3.8) is 0 Å². The number of aromatic amines is 2. The third-order valence-electron chi connectivity index (χ3n) is 6.02. The molecule has 0 spiro atoms. The number of H-pyrrole nitrogens is 2.